The van der Waals surface area contributed by atoms with E-state index in [9.17, 15) is 0 Å². The summed E-state index contributed by atoms with van der Waals surface area (Å²) < 4.78 is 0. The van der Waals surface area contributed by atoms with Crippen LogP contribution in [0.5, 0.6) is 0 Å². The van der Waals surface area contributed by atoms with Gasteiger partial charge in [0.25, 0.3) is 0 Å². The fourth-order valence-electron chi connectivity index (χ4n) is 1.23. The first-order valence-electron chi connectivity index (χ1n) is 4.51. The Bertz CT molecular complexity index is 366. The minimum atomic E-state index is -0.0738. The van der Waals surface area contributed by atoms with E-state index in [1.165, 1.54) is 0 Å². The van der Waals surface area contributed by atoms with Gasteiger partial charge in [-0.05, 0) is 23.6 Å². The maximum atomic E-state index is 8.66. The zero-order valence-corrected chi connectivity index (χ0v) is 9.05. The first-order chi connectivity index (χ1) is 6.56. The Hall–Kier alpha value is -1.04. The summed E-state index contributed by atoms with van der Waals surface area (Å²) in [5.41, 5.74) is 7.43. The number of benzene rings is 1. The van der Waals surface area contributed by atoms with Crippen LogP contribution in [0.25, 0.3) is 0 Å². The normalized spacial score (nSPS) is 12.6. The molecule has 1 atom stereocenters. The van der Waals surface area contributed by atoms with Gasteiger partial charge in [-0.3, -0.25) is 0 Å². The first-order valence-corrected chi connectivity index (χ1v) is 4.89. The average Bonchev–Trinajstić information content (AvgIpc) is 2.16. The number of nitriles is 1. The third-order valence-corrected chi connectivity index (χ3v) is 2.53. The lowest BCUT2D eigenvalue weighted by molar-refractivity contribution is 0.514. The summed E-state index contributed by atoms with van der Waals surface area (Å²) in [7, 11) is 0. The van der Waals surface area contributed by atoms with E-state index in [0.29, 0.717) is 16.5 Å². The predicted molar refractivity (Wildman–Crippen MR) is 57.9 cm³/mol. The van der Waals surface area contributed by atoms with Crippen LogP contribution >= 0.6 is 11.6 Å². The SMILES string of the molecule is CC(C)[C@H](N)c1ccc(C#N)cc1Cl. The van der Waals surface area contributed by atoms with Crippen LogP contribution in [-0.4, -0.2) is 0 Å². The maximum Gasteiger partial charge on any atom is 0.0992 e. The minimum absolute atomic E-state index is 0.0738. The van der Waals surface area contributed by atoms with E-state index < -0.39 is 0 Å². The molecule has 0 amide bonds. The molecule has 0 aliphatic heterocycles. The average molecular weight is 209 g/mol. The van der Waals surface area contributed by atoms with Crippen molar-refractivity contribution in [3.63, 3.8) is 0 Å². The molecule has 0 aliphatic rings. The Kier molecular flexibility index (Phi) is 3.51. The minimum Gasteiger partial charge on any atom is -0.324 e. The first kappa shape index (κ1) is 11.0. The van der Waals surface area contributed by atoms with Crippen molar-refractivity contribution in [2.45, 2.75) is 19.9 Å². The molecule has 0 saturated heterocycles. The zero-order chi connectivity index (χ0) is 10.7. The Balaban J connectivity index is 3.07. The van der Waals surface area contributed by atoms with Gasteiger partial charge in [0.15, 0.2) is 0 Å². The molecule has 1 aromatic rings. The summed E-state index contributed by atoms with van der Waals surface area (Å²) in [6.45, 7) is 4.08. The molecule has 2 N–H and O–H groups in total. The Morgan fingerprint density at radius 3 is 2.50 bits per heavy atom. The van der Waals surface area contributed by atoms with Crippen LogP contribution in [0.15, 0.2) is 18.2 Å². The van der Waals surface area contributed by atoms with Crippen LogP contribution in [0.2, 0.25) is 5.02 Å². The van der Waals surface area contributed by atoms with E-state index in [2.05, 4.69) is 0 Å². The molecule has 0 radical (unpaired) electrons. The van der Waals surface area contributed by atoms with Crippen LogP contribution in [0.3, 0.4) is 0 Å². The van der Waals surface area contributed by atoms with Crippen LogP contribution in [0.4, 0.5) is 0 Å². The number of halogens is 1. The van der Waals surface area contributed by atoms with Gasteiger partial charge >= 0.3 is 0 Å². The molecule has 0 saturated carbocycles. The van der Waals surface area contributed by atoms with Crippen molar-refractivity contribution >= 4 is 11.6 Å². The van der Waals surface area contributed by atoms with Crippen molar-refractivity contribution in [3.05, 3.63) is 34.3 Å². The van der Waals surface area contributed by atoms with Crippen LogP contribution in [0, 0.1) is 17.2 Å². The number of rotatable bonds is 2. The molecule has 0 bridgehead atoms. The van der Waals surface area contributed by atoms with E-state index in [1.807, 2.05) is 26.0 Å². The zero-order valence-electron chi connectivity index (χ0n) is 8.29. The quantitative estimate of drug-likeness (QED) is 0.813. The molecule has 74 valence electrons. The van der Waals surface area contributed by atoms with Gasteiger partial charge in [0.05, 0.1) is 11.6 Å². The monoisotopic (exact) mass is 208 g/mol. The predicted octanol–water partition coefficient (Wildman–Crippen LogP) is 2.87. The van der Waals surface area contributed by atoms with E-state index >= 15 is 0 Å². The molecule has 14 heavy (non-hydrogen) atoms. The third kappa shape index (κ3) is 2.25. The lowest BCUT2D eigenvalue weighted by atomic mass is 9.96. The summed E-state index contributed by atoms with van der Waals surface area (Å²) in [5, 5.41) is 9.24. The molecular weight excluding hydrogens is 196 g/mol. The van der Waals surface area contributed by atoms with Gasteiger partial charge in [0.1, 0.15) is 0 Å². The van der Waals surface area contributed by atoms with Gasteiger partial charge < -0.3 is 5.73 Å². The second kappa shape index (κ2) is 4.45. The van der Waals surface area contributed by atoms with Crippen molar-refractivity contribution < 1.29 is 0 Å². The van der Waals surface area contributed by atoms with Crippen LogP contribution in [-0.2, 0) is 0 Å². The van der Waals surface area contributed by atoms with Gasteiger partial charge in [-0.25, -0.2) is 0 Å². The second-order valence-corrected chi connectivity index (χ2v) is 4.03. The smallest absolute Gasteiger partial charge is 0.0992 e. The highest BCUT2D eigenvalue weighted by Gasteiger charge is 2.13. The molecule has 0 unspecified atom stereocenters. The van der Waals surface area contributed by atoms with Crippen LogP contribution in [0.1, 0.15) is 31.0 Å². The van der Waals surface area contributed by atoms with E-state index in [4.69, 9.17) is 22.6 Å². The molecule has 0 spiro atoms. The van der Waals surface area contributed by atoms with Crippen molar-refractivity contribution in [2.24, 2.45) is 11.7 Å². The maximum absolute atomic E-state index is 8.66. The lowest BCUT2D eigenvalue weighted by Crippen LogP contribution is -2.17. The summed E-state index contributed by atoms with van der Waals surface area (Å²) in [5.74, 6) is 0.334. The molecule has 1 rings (SSSR count). The molecule has 0 heterocycles. The number of nitrogens with zero attached hydrogens (tertiary/aromatic N) is 1. The van der Waals surface area contributed by atoms with E-state index in [0.717, 1.165) is 5.56 Å². The molecule has 1 aromatic carbocycles. The van der Waals surface area contributed by atoms with E-state index in [1.54, 1.807) is 12.1 Å². The van der Waals surface area contributed by atoms with Gasteiger partial charge in [-0.2, -0.15) is 5.26 Å². The van der Waals surface area contributed by atoms with Gasteiger partial charge in [0, 0.05) is 11.1 Å². The molecule has 3 heteroatoms. The second-order valence-electron chi connectivity index (χ2n) is 3.62. The van der Waals surface area contributed by atoms with Crippen molar-refractivity contribution in [2.75, 3.05) is 0 Å². The Labute approximate surface area is 89.3 Å². The molecule has 0 aliphatic carbocycles. The van der Waals surface area contributed by atoms with E-state index in [-0.39, 0.29) is 6.04 Å². The van der Waals surface area contributed by atoms with Crippen molar-refractivity contribution in [1.29, 1.82) is 5.26 Å². The fourth-order valence-corrected chi connectivity index (χ4v) is 1.53. The van der Waals surface area contributed by atoms with Crippen molar-refractivity contribution in [1.82, 2.24) is 0 Å². The summed E-state index contributed by atoms with van der Waals surface area (Å²) >= 11 is 6.02. The summed E-state index contributed by atoms with van der Waals surface area (Å²) in [4.78, 5) is 0. The summed E-state index contributed by atoms with van der Waals surface area (Å²) in [6.07, 6.45) is 0. The topological polar surface area (TPSA) is 49.8 Å². The largest absolute Gasteiger partial charge is 0.324 e. The lowest BCUT2D eigenvalue weighted by Gasteiger charge is -2.17. The highest BCUT2D eigenvalue weighted by Crippen LogP contribution is 2.26. The Morgan fingerprint density at radius 1 is 1.43 bits per heavy atom. The molecule has 0 fully saturated rings. The van der Waals surface area contributed by atoms with Gasteiger partial charge in [-0.15, -0.1) is 0 Å². The molecule has 0 aromatic heterocycles. The molecule has 2 nitrogen and oxygen atoms in total. The highest BCUT2D eigenvalue weighted by molar-refractivity contribution is 6.31. The van der Waals surface area contributed by atoms with Gasteiger partial charge in [0.2, 0.25) is 0 Å². The molecular formula is C11H13ClN2. The fraction of sp³-hybridized carbons (Fsp3) is 0.364. The third-order valence-electron chi connectivity index (χ3n) is 2.21. The number of nitrogens with two attached hydrogens (primary N) is 1. The number of hydrogen-bond acceptors (Lipinski definition) is 2. The Morgan fingerprint density at radius 2 is 2.07 bits per heavy atom. The van der Waals surface area contributed by atoms with Gasteiger partial charge in [-0.1, -0.05) is 31.5 Å². The standard InChI is InChI=1S/C11H13ClN2/c1-7(2)11(14)9-4-3-8(6-13)5-10(9)12/h3-5,7,11H,14H2,1-2H3/t11-/m0/s1. The summed E-state index contributed by atoms with van der Waals surface area (Å²) in [6, 6.07) is 7.18. The highest BCUT2D eigenvalue weighted by atomic mass is 35.5. The van der Waals surface area contributed by atoms with Crippen molar-refractivity contribution in [3.8, 4) is 6.07 Å². The van der Waals surface area contributed by atoms with Crippen LogP contribution < -0.4 is 5.73 Å². The number of hydrogen-bond donors (Lipinski definition) is 1.